The Balaban J connectivity index is 2.16. The molecule has 0 aliphatic heterocycles. The van der Waals surface area contributed by atoms with Crippen LogP contribution in [0.25, 0.3) is 0 Å². The molecule has 0 unspecified atom stereocenters. The van der Waals surface area contributed by atoms with E-state index < -0.39 is 5.97 Å². The molecule has 2 rings (SSSR count). The number of halogens is 1. The van der Waals surface area contributed by atoms with E-state index in [0.29, 0.717) is 10.8 Å². The maximum Gasteiger partial charge on any atom is 0.337 e. The van der Waals surface area contributed by atoms with Crippen molar-refractivity contribution in [3.8, 4) is 0 Å². The lowest BCUT2D eigenvalue weighted by Crippen LogP contribution is -1.99. The van der Waals surface area contributed by atoms with Crippen molar-refractivity contribution in [3.05, 3.63) is 58.2 Å². The molecule has 1 N–H and O–H groups in total. The molecule has 0 atom stereocenters. The van der Waals surface area contributed by atoms with Gasteiger partial charge in [-0.25, -0.2) is 9.78 Å². The summed E-state index contributed by atoms with van der Waals surface area (Å²) in [5, 5.41) is 9.74. The van der Waals surface area contributed by atoms with E-state index in [1.807, 2.05) is 25.1 Å². The average Bonchev–Trinajstić information content (AvgIpc) is 2.37. The van der Waals surface area contributed by atoms with Gasteiger partial charge in [-0.2, -0.15) is 0 Å². The van der Waals surface area contributed by atoms with Crippen LogP contribution in [-0.4, -0.2) is 16.1 Å². The van der Waals surface area contributed by atoms with Crippen LogP contribution in [0.1, 0.15) is 21.5 Å². The summed E-state index contributed by atoms with van der Waals surface area (Å²) >= 11 is 7.47. The average molecular weight is 294 g/mol. The highest BCUT2D eigenvalue weighted by atomic mass is 35.5. The standard InChI is InChI=1S/C14H12ClNO2S/c1-9-3-2-4-10(7-9)8-19-13-12(15)11(14(17)18)5-6-16-13/h2-7H,8H2,1H3,(H,17,18). The molecule has 19 heavy (non-hydrogen) atoms. The molecule has 0 aliphatic carbocycles. The number of carbonyl (C=O) groups is 1. The first-order valence-electron chi connectivity index (χ1n) is 5.64. The summed E-state index contributed by atoms with van der Waals surface area (Å²) in [7, 11) is 0. The van der Waals surface area contributed by atoms with Gasteiger partial charge < -0.3 is 5.11 Å². The van der Waals surface area contributed by atoms with Crippen LogP contribution >= 0.6 is 23.4 Å². The molecular formula is C14H12ClNO2S. The van der Waals surface area contributed by atoms with Crippen molar-refractivity contribution in [3.63, 3.8) is 0 Å². The fourth-order valence-electron chi connectivity index (χ4n) is 1.64. The van der Waals surface area contributed by atoms with Gasteiger partial charge in [0, 0.05) is 11.9 Å². The molecule has 5 heteroatoms. The van der Waals surface area contributed by atoms with Crippen molar-refractivity contribution >= 4 is 29.3 Å². The topological polar surface area (TPSA) is 50.2 Å². The number of aromatic nitrogens is 1. The van der Waals surface area contributed by atoms with Gasteiger partial charge in [-0.3, -0.25) is 0 Å². The van der Waals surface area contributed by atoms with E-state index >= 15 is 0 Å². The molecule has 0 radical (unpaired) electrons. The molecule has 0 spiro atoms. The minimum Gasteiger partial charge on any atom is -0.478 e. The zero-order chi connectivity index (χ0) is 13.8. The van der Waals surface area contributed by atoms with Crippen molar-refractivity contribution in [1.82, 2.24) is 4.98 Å². The number of pyridine rings is 1. The Hall–Kier alpha value is -1.52. The van der Waals surface area contributed by atoms with E-state index in [1.165, 1.54) is 29.6 Å². The third-order valence-electron chi connectivity index (χ3n) is 2.55. The van der Waals surface area contributed by atoms with Crippen LogP contribution in [0.15, 0.2) is 41.6 Å². The summed E-state index contributed by atoms with van der Waals surface area (Å²) in [6, 6.07) is 9.54. The number of hydrogen-bond acceptors (Lipinski definition) is 3. The van der Waals surface area contributed by atoms with Crippen LogP contribution in [0.5, 0.6) is 0 Å². The Morgan fingerprint density at radius 3 is 2.89 bits per heavy atom. The normalized spacial score (nSPS) is 10.4. The van der Waals surface area contributed by atoms with E-state index in [0.717, 1.165) is 5.56 Å². The Morgan fingerprint density at radius 1 is 1.42 bits per heavy atom. The summed E-state index contributed by atoms with van der Waals surface area (Å²) in [6.45, 7) is 2.03. The summed E-state index contributed by atoms with van der Waals surface area (Å²) in [4.78, 5) is 15.1. The Bertz CT molecular complexity index is 616. The molecule has 0 aliphatic rings. The monoisotopic (exact) mass is 293 g/mol. The van der Waals surface area contributed by atoms with Crippen LogP contribution in [0.2, 0.25) is 5.02 Å². The number of carboxylic acid groups (broad SMARTS) is 1. The number of benzene rings is 1. The van der Waals surface area contributed by atoms with Crippen molar-refractivity contribution in [2.45, 2.75) is 17.7 Å². The second-order valence-corrected chi connectivity index (χ2v) is 5.40. The van der Waals surface area contributed by atoms with Gasteiger partial charge in [0.1, 0.15) is 5.03 Å². The second kappa shape index (κ2) is 6.08. The number of thioether (sulfide) groups is 1. The third-order valence-corrected chi connectivity index (χ3v) is 4.10. The van der Waals surface area contributed by atoms with E-state index in [-0.39, 0.29) is 10.6 Å². The summed E-state index contributed by atoms with van der Waals surface area (Å²) < 4.78 is 0. The molecule has 0 saturated heterocycles. The summed E-state index contributed by atoms with van der Waals surface area (Å²) in [5.41, 5.74) is 2.43. The van der Waals surface area contributed by atoms with E-state index in [2.05, 4.69) is 11.1 Å². The molecule has 0 bridgehead atoms. The minimum absolute atomic E-state index is 0.0865. The van der Waals surface area contributed by atoms with Crippen LogP contribution in [0.3, 0.4) is 0 Å². The minimum atomic E-state index is -1.04. The van der Waals surface area contributed by atoms with Gasteiger partial charge in [-0.1, -0.05) is 41.4 Å². The first-order chi connectivity index (χ1) is 9.08. The van der Waals surface area contributed by atoms with Gasteiger partial charge in [-0.15, -0.1) is 11.8 Å². The summed E-state index contributed by atoms with van der Waals surface area (Å²) in [6.07, 6.45) is 1.47. The molecule has 1 heterocycles. The molecule has 0 amide bonds. The second-order valence-electron chi connectivity index (χ2n) is 4.06. The van der Waals surface area contributed by atoms with Crippen molar-refractivity contribution in [2.24, 2.45) is 0 Å². The third kappa shape index (κ3) is 3.49. The first kappa shape index (κ1) is 13.9. The molecule has 98 valence electrons. The van der Waals surface area contributed by atoms with Crippen LogP contribution in [-0.2, 0) is 5.75 Å². The predicted molar refractivity (Wildman–Crippen MR) is 76.9 cm³/mol. The molecule has 1 aromatic heterocycles. The summed E-state index contributed by atoms with van der Waals surface area (Å²) in [5.74, 6) is -0.331. The van der Waals surface area contributed by atoms with Crippen molar-refractivity contribution in [2.75, 3.05) is 0 Å². The van der Waals surface area contributed by atoms with Crippen molar-refractivity contribution < 1.29 is 9.90 Å². The largest absolute Gasteiger partial charge is 0.478 e. The van der Waals surface area contributed by atoms with Crippen LogP contribution in [0.4, 0.5) is 0 Å². The number of aryl methyl sites for hydroxylation is 1. The number of hydrogen-bond donors (Lipinski definition) is 1. The lowest BCUT2D eigenvalue weighted by atomic mass is 10.2. The maximum atomic E-state index is 11.0. The highest BCUT2D eigenvalue weighted by Gasteiger charge is 2.13. The zero-order valence-electron chi connectivity index (χ0n) is 10.3. The van der Waals surface area contributed by atoms with E-state index in [1.54, 1.807) is 0 Å². The maximum absolute atomic E-state index is 11.0. The van der Waals surface area contributed by atoms with E-state index in [4.69, 9.17) is 16.7 Å². The smallest absolute Gasteiger partial charge is 0.337 e. The first-order valence-corrected chi connectivity index (χ1v) is 7.00. The van der Waals surface area contributed by atoms with Gasteiger partial charge in [0.25, 0.3) is 0 Å². The Kier molecular flexibility index (Phi) is 4.45. The number of aromatic carboxylic acids is 1. The Morgan fingerprint density at radius 2 is 2.21 bits per heavy atom. The highest BCUT2D eigenvalue weighted by molar-refractivity contribution is 7.98. The quantitative estimate of drug-likeness (QED) is 0.865. The lowest BCUT2D eigenvalue weighted by molar-refractivity contribution is 0.0696. The van der Waals surface area contributed by atoms with E-state index in [9.17, 15) is 4.79 Å². The highest BCUT2D eigenvalue weighted by Crippen LogP contribution is 2.30. The Labute approximate surface area is 120 Å². The predicted octanol–water partition coefficient (Wildman–Crippen LogP) is 4.03. The molecule has 0 fully saturated rings. The molecule has 3 nitrogen and oxygen atoms in total. The molecule has 0 saturated carbocycles. The van der Waals surface area contributed by atoms with Crippen molar-refractivity contribution in [1.29, 1.82) is 0 Å². The fraction of sp³-hybridized carbons (Fsp3) is 0.143. The number of nitrogens with zero attached hydrogens (tertiary/aromatic N) is 1. The van der Waals surface area contributed by atoms with Gasteiger partial charge >= 0.3 is 5.97 Å². The lowest BCUT2D eigenvalue weighted by Gasteiger charge is -2.06. The molecule has 2 aromatic rings. The van der Waals surface area contributed by atoms with Gasteiger partial charge in [0.2, 0.25) is 0 Å². The zero-order valence-corrected chi connectivity index (χ0v) is 11.8. The molecular weight excluding hydrogens is 282 g/mol. The van der Waals surface area contributed by atoms with Crippen LogP contribution in [0, 0.1) is 6.92 Å². The molecule has 1 aromatic carbocycles. The number of rotatable bonds is 4. The van der Waals surface area contributed by atoms with Gasteiger partial charge in [-0.05, 0) is 18.6 Å². The van der Waals surface area contributed by atoms with Gasteiger partial charge in [0.05, 0.1) is 10.6 Å². The number of carboxylic acids is 1. The van der Waals surface area contributed by atoms with Gasteiger partial charge in [0.15, 0.2) is 0 Å². The fourth-order valence-corrected chi connectivity index (χ4v) is 2.86. The SMILES string of the molecule is Cc1cccc(CSc2nccc(C(=O)O)c2Cl)c1. The van der Waals surface area contributed by atoms with Crippen LogP contribution < -0.4 is 0 Å².